The number of fused-ring (bicyclic) bond motifs is 1. The number of carbonyl (C=O) groups excluding carboxylic acids is 1. The predicted molar refractivity (Wildman–Crippen MR) is 93.1 cm³/mol. The van der Waals surface area contributed by atoms with Gasteiger partial charge >= 0.3 is 6.03 Å². The normalized spacial score (nSPS) is 16.9. The molecule has 4 nitrogen and oxygen atoms in total. The van der Waals surface area contributed by atoms with Gasteiger partial charge in [-0.15, -0.1) is 0 Å². The standard InChI is InChI=1S/C19H21N3O/c1-14-5-4-7-16(11-14)20-19(23)21-12-17(13-21)22-10-9-15-6-2-3-8-18(15)22/h2-8,11,17H,9-10,12-13H2,1H3,(H,20,23). The van der Waals surface area contributed by atoms with Crippen LogP contribution in [0.25, 0.3) is 0 Å². The molecule has 0 aliphatic carbocycles. The molecule has 1 saturated heterocycles. The van der Waals surface area contributed by atoms with E-state index >= 15 is 0 Å². The summed E-state index contributed by atoms with van der Waals surface area (Å²) in [6, 6.07) is 17.0. The zero-order valence-corrected chi connectivity index (χ0v) is 13.3. The Balaban J connectivity index is 1.36. The molecule has 118 valence electrons. The Labute approximate surface area is 136 Å². The van der Waals surface area contributed by atoms with Crippen molar-refractivity contribution in [2.75, 3.05) is 29.9 Å². The van der Waals surface area contributed by atoms with Crippen LogP contribution in [0.5, 0.6) is 0 Å². The predicted octanol–water partition coefficient (Wildman–Crippen LogP) is 3.27. The van der Waals surface area contributed by atoms with Crippen LogP contribution >= 0.6 is 0 Å². The lowest BCUT2D eigenvalue weighted by molar-refractivity contribution is 0.162. The highest BCUT2D eigenvalue weighted by molar-refractivity contribution is 5.90. The number of anilines is 2. The lowest BCUT2D eigenvalue weighted by atomic mass is 10.1. The van der Waals surface area contributed by atoms with Crippen molar-refractivity contribution in [3.63, 3.8) is 0 Å². The summed E-state index contributed by atoms with van der Waals surface area (Å²) in [6.07, 6.45) is 1.11. The van der Waals surface area contributed by atoms with Gasteiger partial charge in [-0.25, -0.2) is 4.79 Å². The lowest BCUT2D eigenvalue weighted by Gasteiger charge is -2.45. The van der Waals surface area contributed by atoms with Crippen LogP contribution in [0, 0.1) is 6.92 Å². The third-order valence-corrected chi connectivity index (χ3v) is 4.78. The molecule has 0 saturated carbocycles. The summed E-state index contributed by atoms with van der Waals surface area (Å²) in [7, 11) is 0. The van der Waals surface area contributed by atoms with E-state index in [1.807, 2.05) is 36.1 Å². The first-order valence-corrected chi connectivity index (χ1v) is 8.18. The van der Waals surface area contributed by atoms with E-state index in [4.69, 9.17) is 0 Å². The second-order valence-electron chi connectivity index (χ2n) is 6.43. The number of hydrogen-bond acceptors (Lipinski definition) is 2. The van der Waals surface area contributed by atoms with Gasteiger partial charge in [0, 0.05) is 31.0 Å². The first-order chi connectivity index (χ1) is 11.2. The number of para-hydroxylation sites is 1. The molecule has 0 aromatic heterocycles. The summed E-state index contributed by atoms with van der Waals surface area (Å²) in [6.45, 7) is 4.69. The zero-order chi connectivity index (χ0) is 15.8. The monoisotopic (exact) mass is 307 g/mol. The van der Waals surface area contributed by atoms with Gasteiger partial charge in [0.15, 0.2) is 0 Å². The Morgan fingerprint density at radius 3 is 2.78 bits per heavy atom. The van der Waals surface area contributed by atoms with E-state index in [9.17, 15) is 4.79 Å². The molecule has 2 aromatic rings. The van der Waals surface area contributed by atoms with E-state index in [2.05, 4.69) is 34.5 Å². The molecule has 0 atom stereocenters. The molecular weight excluding hydrogens is 286 g/mol. The van der Waals surface area contributed by atoms with Gasteiger partial charge < -0.3 is 15.1 Å². The van der Waals surface area contributed by atoms with Crippen molar-refractivity contribution in [1.82, 2.24) is 4.90 Å². The number of likely N-dealkylation sites (tertiary alicyclic amines) is 1. The Hall–Kier alpha value is -2.49. The van der Waals surface area contributed by atoms with Gasteiger partial charge in [-0.05, 0) is 42.7 Å². The number of aryl methyl sites for hydroxylation is 1. The highest BCUT2D eigenvalue weighted by Gasteiger charge is 2.37. The fraction of sp³-hybridized carbons (Fsp3) is 0.316. The molecule has 0 unspecified atom stereocenters. The molecule has 4 rings (SSSR count). The van der Waals surface area contributed by atoms with E-state index in [1.165, 1.54) is 11.3 Å². The fourth-order valence-corrected chi connectivity index (χ4v) is 3.49. The van der Waals surface area contributed by atoms with Crippen molar-refractivity contribution in [2.24, 2.45) is 0 Å². The van der Waals surface area contributed by atoms with Crippen molar-refractivity contribution in [1.29, 1.82) is 0 Å². The first-order valence-electron chi connectivity index (χ1n) is 8.18. The summed E-state index contributed by atoms with van der Waals surface area (Å²) in [5.41, 5.74) is 4.79. The highest BCUT2D eigenvalue weighted by Crippen LogP contribution is 2.32. The maximum absolute atomic E-state index is 12.3. The minimum atomic E-state index is -0.000618. The Kier molecular flexibility index (Phi) is 3.45. The third kappa shape index (κ3) is 2.65. The maximum atomic E-state index is 12.3. The van der Waals surface area contributed by atoms with Crippen LogP contribution in [0.4, 0.5) is 16.2 Å². The van der Waals surface area contributed by atoms with E-state index in [0.717, 1.165) is 37.3 Å². The minimum absolute atomic E-state index is 0.000618. The van der Waals surface area contributed by atoms with Crippen molar-refractivity contribution < 1.29 is 4.79 Å². The lowest BCUT2D eigenvalue weighted by Crippen LogP contribution is -2.61. The maximum Gasteiger partial charge on any atom is 0.321 e. The average Bonchev–Trinajstić information content (AvgIpc) is 2.90. The van der Waals surface area contributed by atoms with E-state index in [0.29, 0.717) is 6.04 Å². The Morgan fingerprint density at radius 1 is 1.13 bits per heavy atom. The van der Waals surface area contributed by atoms with Crippen LogP contribution in [0.2, 0.25) is 0 Å². The number of urea groups is 1. The van der Waals surface area contributed by atoms with Crippen LogP contribution < -0.4 is 10.2 Å². The molecule has 0 spiro atoms. The number of amides is 2. The van der Waals surface area contributed by atoms with Gasteiger partial charge in [-0.1, -0.05) is 30.3 Å². The number of nitrogens with one attached hydrogen (secondary N) is 1. The molecule has 2 aromatic carbocycles. The summed E-state index contributed by atoms with van der Waals surface area (Å²) < 4.78 is 0. The van der Waals surface area contributed by atoms with Gasteiger partial charge in [0.25, 0.3) is 0 Å². The van der Waals surface area contributed by atoms with Crippen molar-refractivity contribution in [3.8, 4) is 0 Å². The summed E-state index contributed by atoms with van der Waals surface area (Å²) in [5, 5.41) is 2.98. The number of benzene rings is 2. The van der Waals surface area contributed by atoms with Gasteiger partial charge in [0.05, 0.1) is 6.04 Å². The van der Waals surface area contributed by atoms with Crippen LogP contribution in [0.1, 0.15) is 11.1 Å². The van der Waals surface area contributed by atoms with Crippen molar-refractivity contribution in [2.45, 2.75) is 19.4 Å². The number of hydrogen-bond donors (Lipinski definition) is 1. The smallest absolute Gasteiger partial charge is 0.321 e. The Morgan fingerprint density at radius 2 is 1.96 bits per heavy atom. The molecule has 4 heteroatoms. The molecule has 0 radical (unpaired) electrons. The molecule has 23 heavy (non-hydrogen) atoms. The third-order valence-electron chi connectivity index (χ3n) is 4.78. The molecule has 2 aliphatic heterocycles. The SMILES string of the molecule is Cc1cccc(NC(=O)N2CC(N3CCc4ccccc43)C2)c1. The Bertz CT molecular complexity index is 737. The first kappa shape index (κ1) is 14.1. The van der Waals surface area contributed by atoms with Crippen LogP contribution in [0.3, 0.4) is 0 Å². The number of carbonyl (C=O) groups is 1. The van der Waals surface area contributed by atoms with Crippen LogP contribution in [-0.2, 0) is 6.42 Å². The summed E-state index contributed by atoms with van der Waals surface area (Å²) >= 11 is 0. The van der Waals surface area contributed by atoms with Crippen molar-refractivity contribution >= 4 is 17.4 Å². The van der Waals surface area contributed by atoms with Crippen LogP contribution in [0.15, 0.2) is 48.5 Å². The largest absolute Gasteiger partial charge is 0.364 e. The second-order valence-corrected chi connectivity index (χ2v) is 6.43. The molecule has 0 bridgehead atoms. The second kappa shape index (κ2) is 5.61. The molecular formula is C19H21N3O. The van der Waals surface area contributed by atoms with E-state index in [-0.39, 0.29) is 6.03 Å². The highest BCUT2D eigenvalue weighted by atomic mass is 16.2. The van der Waals surface area contributed by atoms with Crippen molar-refractivity contribution in [3.05, 3.63) is 59.7 Å². The molecule has 1 fully saturated rings. The molecule has 2 amide bonds. The van der Waals surface area contributed by atoms with Gasteiger partial charge in [-0.2, -0.15) is 0 Å². The minimum Gasteiger partial charge on any atom is -0.364 e. The van der Waals surface area contributed by atoms with Crippen LogP contribution in [-0.4, -0.2) is 36.6 Å². The van der Waals surface area contributed by atoms with Gasteiger partial charge in [0.2, 0.25) is 0 Å². The summed E-state index contributed by atoms with van der Waals surface area (Å²) in [5.74, 6) is 0. The van der Waals surface area contributed by atoms with E-state index < -0.39 is 0 Å². The zero-order valence-electron chi connectivity index (χ0n) is 13.3. The topological polar surface area (TPSA) is 35.6 Å². The molecule has 1 N–H and O–H groups in total. The van der Waals surface area contributed by atoms with E-state index in [1.54, 1.807) is 0 Å². The summed E-state index contributed by atoms with van der Waals surface area (Å²) in [4.78, 5) is 16.6. The molecule has 2 aliphatic rings. The number of rotatable bonds is 2. The fourth-order valence-electron chi connectivity index (χ4n) is 3.49. The van der Waals surface area contributed by atoms with Gasteiger partial charge in [-0.3, -0.25) is 0 Å². The number of nitrogens with zero attached hydrogens (tertiary/aromatic N) is 2. The van der Waals surface area contributed by atoms with Gasteiger partial charge in [0.1, 0.15) is 0 Å². The average molecular weight is 307 g/mol. The molecule has 2 heterocycles. The quantitative estimate of drug-likeness (QED) is 0.924.